The van der Waals surface area contributed by atoms with Gasteiger partial charge in [-0.2, -0.15) is 4.98 Å². The molecule has 1 amide bonds. The van der Waals surface area contributed by atoms with Crippen LogP contribution in [0.1, 0.15) is 11.1 Å². The van der Waals surface area contributed by atoms with Crippen LogP contribution in [-0.2, 0) is 0 Å². The number of aromatic nitrogens is 3. The van der Waals surface area contributed by atoms with Crippen molar-refractivity contribution in [3.63, 3.8) is 0 Å². The third-order valence-corrected chi connectivity index (χ3v) is 4.61. The fourth-order valence-electron chi connectivity index (χ4n) is 3.33. The Morgan fingerprint density at radius 1 is 1.00 bits per heavy atom. The molecule has 0 aliphatic heterocycles. The van der Waals surface area contributed by atoms with Gasteiger partial charge >= 0.3 is 6.03 Å². The van der Waals surface area contributed by atoms with E-state index in [1.54, 1.807) is 25.4 Å². The van der Waals surface area contributed by atoms with Gasteiger partial charge in [0.1, 0.15) is 0 Å². The van der Waals surface area contributed by atoms with Crippen LogP contribution in [0.4, 0.5) is 32.3 Å². The summed E-state index contributed by atoms with van der Waals surface area (Å²) in [6.07, 6.45) is 2.80. The van der Waals surface area contributed by atoms with E-state index in [1.807, 2.05) is 38.1 Å². The standard InChI is InChI=1S/C22H21FN6O/c1-13-8-14(2)10-17(9-13)27-21-25-12-18(23)20(28-21)26-16-5-4-15-6-7-29(19(15)11-16)22(30)24-3/h4-12H,1-3H3,(H,24,30)(H2,25,26,27,28). The number of carbonyl (C=O) groups is 1. The van der Waals surface area contributed by atoms with E-state index in [1.165, 1.54) is 4.57 Å². The van der Waals surface area contributed by atoms with E-state index in [2.05, 4.69) is 32.0 Å². The molecule has 0 aliphatic rings. The smallest absolute Gasteiger partial charge is 0.325 e. The molecule has 3 N–H and O–H groups in total. The third-order valence-electron chi connectivity index (χ3n) is 4.61. The molecule has 0 atom stereocenters. The van der Waals surface area contributed by atoms with Gasteiger partial charge in [-0.05, 0) is 55.3 Å². The monoisotopic (exact) mass is 404 g/mol. The number of amides is 1. The maximum Gasteiger partial charge on any atom is 0.325 e. The van der Waals surface area contributed by atoms with E-state index in [0.717, 1.165) is 28.4 Å². The highest BCUT2D eigenvalue weighted by molar-refractivity contribution is 5.93. The van der Waals surface area contributed by atoms with E-state index >= 15 is 0 Å². The van der Waals surface area contributed by atoms with E-state index in [0.29, 0.717) is 11.2 Å². The second-order valence-corrected chi connectivity index (χ2v) is 7.03. The average Bonchev–Trinajstić information content (AvgIpc) is 3.12. The largest absolute Gasteiger partial charge is 0.340 e. The molecule has 2 aromatic carbocycles. The predicted octanol–water partition coefficient (Wildman–Crippen LogP) is 4.86. The Kier molecular flexibility index (Phi) is 5.05. The second-order valence-electron chi connectivity index (χ2n) is 7.03. The van der Waals surface area contributed by atoms with Crippen LogP contribution in [0.5, 0.6) is 0 Å². The normalized spacial score (nSPS) is 10.8. The lowest BCUT2D eigenvalue weighted by molar-refractivity contribution is 0.245. The lowest BCUT2D eigenvalue weighted by Gasteiger charge is -2.11. The maximum absolute atomic E-state index is 14.4. The van der Waals surface area contributed by atoms with Gasteiger partial charge < -0.3 is 16.0 Å². The van der Waals surface area contributed by atoms with Gasteiger partial charge in [0.25, 0.3) is 0 Å². The van der Waals surface area contributed by atoms with Gasteiger partial charge in [0.2, 0.25) is 5.95 Å². The summed E-state index contributed by atoms with van der Waals surface area (Å²) in [5.74, 6) is -0.268. The summed E-state index contributed by atoms with van der Waals surface area (Å²) in [5.41, 5.74) is 4.33. The van der Waals surface area contributed by atoms with Gasteiger partial charge in [0.05, 0.1) is 11.7 Å². The molecule has 2 heterocycles. The first-order valence-corrected chi connectivity index (χ1v) is 9.41. The minimum atomic E-state index is -0.581. The summed E-state index contributed by atoms with van der Waals surface area (Å²) in [6, 6.07) is 13.0. The van der Waals surface area contributed by atoms with Gasteiger partial charge in [-0.15, -0.1) is 0 Å². The number of benzene rings is 2. The highest BCUT2D eigenvalue weighted by atomic mass is 19.1. The minimum Gasteiger partial charge on any atom is -0.340 e. The molecule has 0 spiro atoms. The van der Waals surface area contributed by atoms with Gasteiger partial charge in [0, 0.05) is 30.0 Å². The molecule has 30 heavy (non-hydrogen) atoms. The Bertz CT molecular complexity index is 1230. The molecule has 152 valence electrons. The van der Waals surface area contributed by atoms with Crippen molar-refractivity contribution in [2.24, 2.45) is 0 Å². The molecule has 4 aromatic rings. The SMILES string of the molecule is CNC(=O)n1ccc2ccc(Nc3nc(Nc4cc(C)cc(C)c4)ncc3F)cc21. The Balaban J connectivity index is 1.63. The topological polar surface area (TPSA) is 83.9 Å². The minimum absolute atomic E-state index is 0.0364. The van der Waals surface area contributed by atoms with Crippen molar-refractivity contribution in [1.29, 1.82) is 0 Å². The molecule has 7 nitrogen and oxygen atoms in total. The van der Waals surface area contributed by atoms with Crippen LogP contribution in [0, 0.1) is 19.7 Å². The lowest BCUT2D eigenvalue weighted by atomic mass is 10.1. The maximum atomic E-state index is 14.4. The van der Waals surface area contributed by atoms with Crippen molar-refractivity contribution < 1.29 is 9.18 Å². The fourth-order valence-corrected chi connectivity index (χ4v) is 3.33. The molecule has 0 unspecified atom stereocenters. The van der Waals surface area contributed by atoms with Crippen molar-refractivity contribution in [3.05, 3.63) is 71.8 Å². The molecule has 8 heteroatoms. The van der Waals surface area contributed by atoms with Gasteiger partial charge in [-0.25, -0.2) is 14.2 Å². The van der Waals surface area contributed by atoms with E-state index in [4.69, 9.17) is 0 Å². The van der Waals surface area contributed by atoms with Crippen LogP contribution < -0.4 is 16.0 Å². The zero-order chi connectivity index (χ0) is 21.3. The van der Waals surface area contributed by atoms with E-state index in [-0.39, 0.29) is 17.8 Å². The summed E-state index contributed by atoms with van der Waals surface area (Å²) in [6.45, 7) is 4.00. The Morgan fingerprint density at radius 3 is 2.50 bits per heavy atom. The highest BCUT2D eigenvalue weighted by Gasteiger charge is 2.11. The summed E-state index contributed by atoms with van der Waals surface area (Å²) >= 11 is 0. The number of rotatable bonds is 4. The number of nitrogens with one attached hydrogen (secondary N) is 3. The summed E-state index contributed by atoms with van der Waals surface area (Å²) < 4.78 is 15.8. The zero-order valence-corrected chi connectivity index (χ0v) is 16.8. The number of nitrogens with zero attached hydrogens (tertiary/aromatic N) is 3. The Labute approximate surface area is 173 Å². The highest BCUT2D eigenvalue weighted by Crippen LogP contribution is 2.25. The van der Waals surface area contributed by atoms with E-state index < -0.39 is 5.82 Å². The number of carbonyl (C=O) groups excluding carboxylic acids is 1. The van der Waals surface area contributed by atoms with Crippen molar-refractivity contribution >= 4 is 40.1 Å². The van der Waals surface area contributed by atoms with Crippen molar-refractivity contribution in [2.75, 3.05) is 17.7 Å². The van der Waals surface area contributed by atoms with Crippen LogP contribution in [0.2, 0.25) is 0 Å². The molecule has 0 radical (unpaired) electrons. The van der Waals surface area contributed by atoms with Gasteiger partial charge in [-0.3, -0.25) is 4.57 Å². The average molecular weight is 404 g/mol. The number of anilines is 4. The number of fused-ring (bicyclic) bond motifs is 1. The zero-order valence-electron chi connectivity index (χ0n) is 16.8. The van der Waals surface area contributed by atoms with Crippen LogP contribution in [0.3, 0.4) is 0 Å². The quantitative estimate of drug-likeness (QED) is 0.452. The molecular formula is C22H21FN6O. The van der Waals surface area contributed by atoms with Crippen LogP contribution >= 0.6 is 0 Å². The first-order chi connectivity index (χ1) is 14.4. The number of hydrogen-bond donors (Lipinski definition) is 3. The van der Waals surface area contributed by atoms with Gasteiger partial charge in [0.15, 0.2) is 11.6 Å². The second kappa shape index (κ2) is 7.82. The molecule has 0 saturated carbocycles. The molecule has 0 fully saturated rings. The van der Waals surface area contributed by atoms with E-state index in [9.17, 15) is 9.18 Å². The first-order valence-electron chi connectivity index (χ1n) is 9.41. The summed E-state index contributed by atoms with van der Waals surface area (Å²) in [7, 11) is 1.57. The summed E-state index contributed by atoms with van der Waals surface area (Å²) in [4.78, 5) is 20.3. The molecule has 4 rings (SSSR count). The number of aryl methyl sites for hydroxylation is 2. The van der Waals surface area contributed by atoms with Crippen LogP contribution in [0.15, 0.2) is 54.9 Å². The number of hydrogen-bond acceptors (Lipinski definition) is 5. The van der Waals surface area contributed by atoms with Crippen molar-refractivity contribution in [1.82, 2.24) is 19.9 Å². The van der Waals surface area contributed by atoms with Crippen LogP contribution in [-0.4, -0.2) is 27.6 Å². The predicted molar refractivity (Wildman–Crippen MR) is 116 cm³/mol. The molecule has 0 aliphatic carbocycles. The third kappa shape index (κ3) is 3.93. The molecule has 0 saturated heterocycles. The fraction of sp³-hybridized carbons (Fsp3) is 0.136. The molecule has 2 aromatic heterocycles. The van der Waals surface area contributed by atoms with Gasteiger partial charge in [-0.1, -0.05) is 12.1 Å². The summed E-state index contributed by atoms with van der Waals surface area (Å²) in [5, 5.41) is 9.57. The lowest BCUT2D eigenvalue weighted by Crippen LogP contribution is -2.23. The number of halogens is 1. The molecule has 0 bridgehead atoms. The molecular weight excluding hydrogens is 383 g/mol. The Hall–Kier alpha value is -3.94. The van der Waals surface area contributed by atoms with Crippen LogP contribution in [0.25, 0.3) is 10.9 Å². The Morgan fingerprint density at radius 2 is 1.77 bits per heavy atom. The van der Waals surface area contributed by atoms with Crippen molar-refractivity contribution in [3.8, 4) is 0 Å². The van der Waals surface area contributed by atoms with Crippen molar-refractivity contribution in [2.45, 2.75) is 13.8 Å². The first kappa shape index (κ1) is 19.4.